The number of benzene rings is 1. The number of hydrogen-bond acceptors (Lipinski definition) is 6. The third-order valence-corrected chi connectivity index (χ3v) is 3.74. The second-order valence-electron chi connectivity index (χ2n) is 3.97. The SMILES string of the molecule is CCOC(=O)C(CC)Sc1nc2cc(N)ccc2o1. The van der Waals surface area contributed by atoms with Crippen LogP contribution in [0.4, 0.5) is 5.69 Å². The van der Waals surface area contributed by atoms with Crippen molar-refractivity contribution in [2.75, 3.05) is 12.3 Å². The fraction of sp³-hybridized carbons (Fsp3) is 0.385. The van der Waals surface area contributed by atoms with Gasteiger partial charge in [0, 0.05) is 5.69 Å². The molecule has 0 aliphatic heterocycles. The molecular weight excluding hydrogens is 264 g/mol. The van der Waals surface area contributed by atoms with Gasteiger partial charge in [-0.05, 0) is 31.5 Å². The first-order valence-corrected chi connectivity index (χ1v) is 7.01. The number of thioether (sulfide) groups is 1. The predicted octanol–water partition coefficient (Wildman–Crippen LogP) is 2.84. The zero-order chi connectivity index (χ0) is 13.8. The topological polar surface area (TPSA) is 78.3 Å². The lowest BCUT2D eigenvalue weighted by Gasteiger charge is -2.10. The number of nitrogens with zero attached hydrogens (tertiary/aromatic N) is 1. The average molecular weight is 280 g/mol. The van der Waals surface area contributed by atoms with E-state index in [9.17, 15) is 4.79 Å². The molecule has 2 N–H and O–H groups in total. The van der Waals surface area contributed by atoms with E-state index < -0.39 is 0 Å². The number of oxazole rings is 1. The number of hydrogen-bond donors (Lipinski definition) is 1. The van der Waals surface area contributed by atoms with Crippen LogP contribution in [0.25, 0.3) is 11.1 Å². The third kappa shape index (κ3) is 3.20. The van der Waals surface area contributed by atoms with E-state index in [-0.39, 0.29) is 11.2 Å². The van der Waals surface area contributed by atoms with Gasteiger partial charge in [0.15, 0.2) is 5.58 Å². The second-order valence-corrected chi connectivity index (χ2v) is 5.13. The van der Waals surface area contributed by atoms with Gasteiger partial charge >= 0.3 is 5.97 Å². The van der Waals surface area contributed by atoms with Crippen molar-refractivity contribution in [1.82, 2.24) is 4.98 Å². The molecule has 0 aliphatic carbocycles. The number of nitrogens with two attached hydrogens (primary N) is 1. The van der Waals surface area contributed by atoms with E-state index in [0.717, 1.165) is 0 Å². The van der Waals surface area contributed by atoms with E-state index in [4.69, 9.17) is 14.9 Å². The fourth-order valence-corrected chi connectivity index (χ4v) is 2.49. The van der Waals surface area contributed by atoms with Crippen molar-refractivity contribution in [2.24, 2.45) is 0 Å². The smallest absolute Gasteiger partial charge is 0.319 e. The van der Waals surface area contributed by atoms with Gasteiger partial charge in [0.05, 0.1) is 6.61 Å². The molecule has 5 nitrogen and oxygen atoms in total. The summed E-state index contributed by atoms with van der Waals surface area (Å²) in [5.41, 5.74) is 7.68. The van der Waals surface area contributed by atoms with Gasteiger partial charge in [-0.25, -0.2) is 4.98 Å². The summed E-state index contributed by atoms with van der Waals surface area (Å²) in [7, 11) is 0. The summed E-state index contributed by atoms with van der Waals surface area (Å²) in [6.45, 7) is 4.09. The Labute approximate surface area is 115 Å². The molecule has 1 aromatic heterocycles. The van der Waals surface area contributed by atoms with Crippen molar-refractivity contribution in [1.29, 1.82) is 0 Å². The number of nitrogen functional groups attached to an aromatic ring is 1. The molecule has 1 aromatic carbocycles. The average Bonchev–Trinajstić information content (AvgIpc) is 2.77. The van der Waals surface area contributed by atoms with E-state index in [1.54, 1.807) is 25.1 Å². The maximum atomic E-state index is 11.7. The molecule has 2 aromatic rings. The highest BCUT2D eigenvalue weighted by molar-refractivity contribution is 8.00. The molecule has 102 valence electrons. The van der Waals surface area contributed by atoms with Crippen LogP contribution in [0.5, 0.6) is 0 Å². The molecule has 0 aliphatic rings. The molecule has 1 unspecified atom stereocenters. The highest BCUT2D eigenvalue weighted by atomic mass is 32.2. The van der Waals surface area contributed by atoms with Gasteiger partial charge in [0.25, 0.3) is 5.22 Å². The van der Waals surface area contributed by atoms with Crippen molar-refractivity contribution in [3.05, 3.63) is 18.2 Å². The Morgan fingerprint density at radius 2 is 2.32 bits per heavy atom. The van der Waals surface area contributed by atoms with Crippen LogP contribution in [0.1, 0.15) is 20.3 Å². The fourth-order valence-electron chi connectivity index (χ4n) is 1.63. The predicted molar refractivity (Wildman–Crippen MR) is 75.0 cm³/mol. The monoisotopic (exact) mass is 280 g/mol. The minimum atomic E-state index is -0.301. The van der Waals surface area contributed by atoms with E-state index in [1.807, 2.05) is 6.92 Å². The standard InChI is InChI=1S/C13H16N2O3S/c1-3-11(12(16)17-4-2)19-13-15-9-7-8(14)5-6-10(9)18-13/h5-7,11H,3-4,14H2,1-2H3. The largest absolute Gasteiger partial charge is 0.465 e. The number of anilines is 1. The number of esters is 1. The maximum absolute atomic E-state index is 11.7. The molecule has 0 spiro atoms. The minimum absolute atomic E-state index is 0.239. The lowest BCUT2D eigenvalue weighted by molar-refractivity contribution is -0.142. The normalized spacial score (nSPS) is 12.5. The van der Waals surface area contributed by atoms with Crippen LogP contribution < -0.4 is 5.73 Å². The summed E-state index contributed by atoms with van der Waals surface area (Å²) >= 11 is 1.28. The van der Waals surface area contributed by atoms with Gasteiger partial charge < -0.3 is 14.9 Å². The number of aromatic nitrogens is 1. The van der Waals surface area contributed by atoms with Crippen LogP contribution in [-0.4, -0.2) is 22.8 Å². The van der Waals surface area contributed by atoms with Crippen molar-refractivity contribution in [2.45, 2.75) is 30.7 Å². The highest BCUT2D eigenvalue weighted by Gasteiger charge is 2.22. The quantitative estimate of drug-likeness (QED) is 0.515. The third-order valence-electron chi connectivity index (χ3n) is 2.56. The highest BCUT2D eigenvalue weighted by Crippen LogP contribution is 2.29. The lowest BCUT2D eigenvalue weighted by atomic mass is 10.3. The molecule has 19 heavy (non-hydrogen) atoms. The Hall–Kier alpha value is -1.69. The summed E-state index contributed by atoms with van der Waals surface area (Å²) in [5, 5.41) is 0.158. The molecule has 0 saturated heterocycles. The van der Waals surface area contributed by atoms with Gasteiger partial charge in [0.1, 0.15) is 10.8 Å². The Morgan fingerprint density at radius 1 is 1.53 bits per heavy atom. The van der Waals surface area contributed by atoms with Gasteiger partial charge in [0.2, 0.25) is 0 Å². The molecule has 0 fully saturated rings. The molecular formula is C13H16N2O3S. The lowest BCUT2D eigenvalue weighted by Crippen LogP contribution is -2.19. The Kier molecular flexibility index (Phi) is 4.31. The zero-order valence-corrected chi connectivity index (χ0v) is 11.7. The molecule has 2 rings (SSSR count). The van der Waals surface area contributed by atoms with Crippen LogP contribution in [0.15, 0.2) is 27.8 Å². The zero-order valence-electron chi connectivity index (χ0n) is 10.9. The van der Waals surface area contributed by atoms with E-state index in [1.165, 1.54) is 11.8 Å². The van der Waals surface area contributed by atoms with Crippen LogP contribution in [0.3, 0.4) is 0 Å². The van der Waals surface area contributed by atoms with Gasteiger partial charge in [-0.2, -0.15) is 0 Å². The summed E-state index contributed by atoms with van der Waals surface area (Å²) in [4.78, 5) is 16.0. The summed E-state index contributed by atoms with van der Waals surface area (Å²) in [6, 6.07) is 5.27. The van der Waals surface area contributed by atoms with Crippen LogP contribution in [0, 0.1) is 0 Å². The summed E-state index contributed by atoms with van der Waals surface area (Å²) in [6.07, 6.45) is 0.657. The number of rotatable bonds is 5. The Morgan fingerprint density at radius 3 is 3.00 bits per heavy atom. The van der Waals surface area contributed by atoms with Gasteiger partial charge in [-0.1, -0.05) is 18.7 Å². The van der Waals surface area contributed by atoms with E-state index in [2.05, 4.69) is 4.98 Å². The van der Waals surface area contributed by atoms with E-state index in [0.29, 0.717) is 35.0 Å². The number of carbonyl (C=O) groups is 1. The molecule has 1 atom stereocenters. The number of fused-ring (bicyclic) bond motifs is 1. The van der Waals surface area contributed by atoms with E-state index >= 15 is 0 Å². The first-order valence-electron chi connectivity index (χ1n) is 6.13. The second kappa shape index (κ2) is 5.97. The molecule has 0 amide bonds. The number of carbonyl (C=O) groups excluding carboxylic acids is 1. The Bertz CT molecular complexity index is 582. The van der Waals surface area contributed by atoms with Crippen LogP contribution in [0.2, 0.25) is 0 Å². The molecule has 0 radical (unpaired) electrons. The van der Waals surface area contributed by atoms with Crippen molar-refractivity contribution < 1.29 is 13.9 Å². The molecule has 1 heterocycles. The van der Waals surface area contributed by atoms with Crippen LogP contribution >= 0.6 is 11.8 Å². The van der Waals surface area contributed by atoms with Crippen molar-refractivity contribution in [3.8, 4) is 0 Å². The summed E-state index contributed by atoms with van der Waals surface area (Å²) in [5.74, 6) is -0.239. The van der Waals surface area contributed by atoms with Crippen molar-refractivity contribution >= 4 is 34.5 Å². The van der Waals surface area contributed by atoms with Crippen LogP contribution in [-0.2, 0) is 9.53 Å². The van der Waals surface area contributed by atoms with Gasteiger partial charge in [-0.15, -0.1) is 0 Å². The minimum Gasteiger partial charge on any atom is -0.465 e. The molecule has 0 bridgehead atoms. The summed E-state index contributed by atoms with van der Waals surface area (Å²) < 4.78 is 10.6. The molecule has 6 heteroatoms. The van der Waals surface area contributed by atoms with Gasteiger partial charge in [-0.3, -0.25) is 4.79 Å². The first-order chi connectivity index (χ1) is 9.13. The first kappa shape index (κ1) is 13.7. The maximum Gasteiger partial charge on any atom is 0.319 e. The molecule has 0 saturated carbocycles. The van der Waals surface area contributed by atoms with Crippen molar-refractivity contribution in [3.63, 3.8) is 0 Å². The Balaban J connectivity index is 2.17. The number of ether oxygens (including phenoxy) is 1.